The van der Waals surface area contributed by atoms with Gasteiger partial charge in [0.25, 0.3) is 0 Å². The van der Waals surface area contributed by atoms with Crippen LogP contribution >= 0.6 is 0 Å². The zero-order valence-corrected chi connectivity index (χ0v) is 17.4. The predicted octanol–water partition coefficient (Wildman–Crippen LogP) is 3.54. The summed E-state index contributed by atoms with van der Waals surface area (Å²) in [6.45, 7) is 4.65. The van der Waals surface area contributed by atoms with Gasteiger partial charge in [0.05, 0.1) is 13.7 Å². The first-order valence-corrected chi connectivity index (χ1v) is 10.1. The molecule has 1 aliphatic heterocycles. The highest BCUT2D eigenvalue weighted by atomic mass is 19.1. The lowest BCUT2D eigenvalue weighted by Crippen LogP contribution is -2.48. The molecule has 2 aromatic rings. The zero-order valence-electron chi connectivity index (χ0n) is 17.4. The van der Waals surface area contributed by atoms with Gasteiger partial charge in [-0.3, -0.25) is 9.59 Å². The summed E-state index contributed by atoms with van der Waals surface area (Å²) < 4.78 is 24.1. The molecule has 0 aliphatic carbocycles. The van der Waals surface area contributed by atoms with Crippen molar-refractivity contribution >= 4 is 17.4 Å². The van der Waals surface area contributed by atoms with Crippen molar-refractivity contribution in [3.8, 4) is 11.5 Å². The molecule has 1 aliphatic rings. The van der Waals surface area contributed by atoms with Crippen LogP contribution in [0.15, 0.2) is 42.5 Å². The van der Waals surface area contributed by atoms with Crippen molar-refractivity contribution < 1.29 is 23.5 Å². The highest BCUT2D eigenvalue weighted by molar-refractivity contribution is 5.94. The van der Waals surface area contributed by atoms with Crippen LogP contribution in [-0.4, -0.2) is 56.5 Å². The number of carbonyl (C=O) groups excluding carboxylic acids is 2. The standard InChI is InChI=1S/C23H27FN2O4/c1-17(27)18-5-10-21(22(16-18)29-2)30-15-3-4-23(28)26-13-11-25(12-14-26)20-8-6-19(24)7-9-20/h5-10,16H,3-4,11-15H2,1-2H3. The Bertz CT molecular complexity index is 877. The maximum atomic E-state index is 13.1. The van der Waals surface area contributed by atoms with E-state index in [0.29, 0.717) is 49.6 Å². The molecule has 30 heavy (non-hydrogen) atoms. The molecule has 0 aromatic heterocycles. The molecule has 0 spiro atoms. The van der Waals surface area contributed by atoms with Gasteiger partial charge in [0.1, 0.15) is 5.82 Å². The third-order valence-corrected chi connectivity index (χ3v) is 5.19. The minimum Gasteiger partial charge on any atom is -0.493 e. The van der Waals surface area contributed by atoms with Crippen LogP contribution in [-0.2, 0) is 4.79 Å². The van der Waals surface area contributed by atoms with Gasteiger partial charge in [-0.05, 0) is 55.8 Å². The summed E-state index contributed by atoms with van der Waals surface area (Å²) in [5, 5.41) is 0. The molecule has 3 rings (SSSR count). The van der Waals surface area contributed by atoms with Gasteiger partial charge in [0, 0.05) is 43.9 Å². The third-order valence-electron chi connectivity index (χ3n) is 5.19. The van der Waals surface area contributed by atoms with Crippen molar-refractivity contribution in [3.05, 3.63) is 53.8 Å². The van der Waals surface area contributed by atoms with Crippen molar-refractivity contribution in [1.29, 1.82) is 0 Å². The number of rotatable bonds is 8. The number of ketones is 1. The summed E-state index contributed by atoms with van der Waals surface area (Å²) in [6.07, 6.45) is 0.999. The van der Waals surface area contributed by atoms with Gasteiger partial charge in [-0.15, -0.1) is 0 Å². The lowest BCUT2D eigenvalue weighted by atomic mass is 10.1. The molecule has 1 fully saturated rings. The minimum atomic E-state index is -0.248. The summed E-state index contributed by atoms with van der Waals surface area (Å²) in [5.74, 6) is 0.886. The molecule has 1 heterocycles. The number of benzene rings is 2. The van der Waals surface area contributed by atoms with Crippen molar-refractivity contribution in [2.45, 2.75) is 19.8 Å². The van der Waals surface area contributed by atoms with E-state index in [0.717, 1.165) is 18.8 Å². The molecule has 0 saturated carbocycles. The van der Waals surface area contributed by atoms with Crippen LogP contribution in [0.5, 0.6) is 11.5 Å². The molecule has 0 radical (unpaired) electrons. The van der Waals surface area contributed by atoms with Gasteiger partial charge in [-0.25, -0.2) is 4.39 Å². The Kier molecular flexibility index (Phi) is 7.27. The number of piperazine rings is 1. The maximum Gasteiger partial charge on any atom is 0.222 e. The molecule has 1 saturated heterocycles. The lowest BCUT2D eigenvalue weighted by Gasteiger charge is -2.36. The topological polar surface area (TPSA) is 59.1 Å². The van der Waals surface area contributed by atoms with E-state index in [1.54, 1.807) is 30.3 Å². The summed E-state index contributed by atoms with van der Waals surface area (Å²) in [5.41, 5.74) is 1.54. The van der Waals surface area contributed by atoms with E-state index in [4.69, 9.17) is 9.47 Å². The second kappa shape index (κ2) is 10.1. The number of carbonyl (C=O) groups is 2. The molecule has 0 bridgehead atoms. The Labute approximate surface area is 176 Å². The van der Waals surface area contributed by atoms with Crippen LogP contribution in [0.3, 0.4) is 0 Å². The first kappa shape index (κ1) is 21.6. The number of nitrogens with zero attached hydrogens (tertiary/aromatic N) is 2. The highest BCUT2D eigenvalue weighted by Crippen LogP contribution is 2.28. The van der Waals surface area contributed by atoms with Crippen molar-refractivity contribution in [3.63, 3.8) is 0 Å². The smallest absolute Gasteiger partial charge is 0.222 e. The zero-order chi connectivity index (χ0) is 21.5. The maximum absolute atomic E-state index is 13.1. The third kappa shape index (κ3) is 5.49. The quantitative estimate of drug-likeness (QED) is 0.488. The van der Waals surface area contributed by atoms with Gasteiger partial charge in [-0.1, -0.05) is 0 Å². The minimum absolute atomic E-state index is 0.0371. The second-order valence-corrected chi connectivity index (χ2v) is 7.22. The monoisotopic (exact) mass is 414 g/mol. The van der Waals surface area contributed by atoms with Crippen LogP contribution in [0.25, 0.3) is 0 Å². The number of amides is 1. The summed E-state index contributed by atoms with van der Waals surface area (Å²) >= 11 is 0. The predicted molar refractivity (Wildman–Crippen MR) is 113 cm³/mol. The molecule has 160 valence electrons. The number of Topliss-reactive ketones (excluding diaryl/α,β-unsaturated/α-hetero) is 1. The molecule has 0 unspecified atom stereocenters. The average molecular weight is 414 g/mol. The fourth-order valence-electron chi connectivity index (χ4n) is 3.44. The van der Waals surface area contributed by atoms with E-state index >= 15 is 0 Å². The Morgan fingerprint density at radius 2 is 1.70 bits per heavy atom. The molecule has 6 nitrogen and oxygen atoms in total. The first-order chi connectivity index (χ1) is 14.5. The molecule has 1 amide bonds. The number of anilines is 1. The SMILES string of the molecule is COc1cc(C(C)=O)ccc1OCCCC(=O)N1CCN(c2ccc(F)cc2)CC1. The summed E-state index contributed by atoms with van der Waals surface area (Å²) in [6, 6.07) is 11.5. The Hall–Kier alpha value is -3.09. The Morgan fingerprint density at radius 1 is 1.00 bits per heavy atom. The molecule has 0 N–H and O–H groups in total. The van der Waals surface area contributed by atoms with Crippen LogP contribution in [0.2, 0.25) is 0 Å². The highest BCUT2D eigenvalue weighted by Gasteiger charge is 2.21. The first-order valence-electron chi connectivity index (χ1n) is 10.1. The van der Waals surface area contributed by atoms with Gasteiger partial charge >= 0.3 is 0 Å². The number of hydrogen-bond acceptors (Lipinski definition) is 5. The van der Waals surface area contributed by atoms with Crippen LogP contribution in [0.1, 0.15) is 30.1 Å². The molecule has 0 atom stereocenters. The van der Waals surface area contributed by atoms with E-state index in [-0.39, 0.29) is 17.5 Å². The largest absolute Gasteiger partial charge is 0.493 e. The molecule has 2 aromatic carbocycles. The van der Waals surface area contributed by atoms with Crippen LogP contribution in [0.4, 0.5) is 10.1 Å². The van der Waals surface area contributed by atoms with Gasteiger partial charge < -0.3 is 19.3 Å². The number of halogens is 1. The fourth-order valence-corrected chi connectivity index (χ4v) is 3.44. The van der Waals surface area contributed by atoms with Crippen LogP contribution < -0.4 is 14.4 Å². The summed E-state index contributed by atoms with van der Waals surface area (Å²) in [7, 11) is 1.53. The number of ether oxygens (including phenoxy) is 2. The van der Waals surface area contributed by atoms with Gasteiger partial charge in [0.15, 0.2) is 17.3 Å². The number of methoxy groups -OCH3 is 1. The van der Waals surface area contributed by atoms with Crippen molar-refractivity contribution in [2.75, 3.05) is 44.8 Å². The van der Waals surface area contributed by atoms with E-state index < -0.39 is 0 Å². The van der Waals surface area contributed by atoms with E-state index in [2.05, 4.69) is 4.90 Å². The second-order valence-electron chi connectivity index (χ2n) is 7.22. The number of hydrogen-bond donors (Lipinski definition) is 0. The van der Waals surface area contributed by atoms with E-state index in [9.17, 15) is 14.0 Å². The van der Waals surface area contributed by atoms with Crippen LogP contribution in [0, 0.1) is 5.82 Å². The normalized spacial score (nSPS) is 13.8. The molecular formula is C23H27FN2O4. The summed E-state index contributed by atoms with van der Waals surface area (Å²) in [4.78, 5) is 28.0. The Morgan fingerprint density at radius 3 is 2.33 bits per heavy atom. The van der Waals surface area contributed by atoms with E-state index in [1.165, 1.54) is 26.2 Å². The lowest BCUT2D eigenvalue weighted by molar-refractivity contribution is -0.131. The fraction of sp³-hybridized carbons (Fsp3) is 0.391. The van der Waals surface area contributed by atoms with Crippen molar-refractivity contribution in [2.24, 2.45) is 0 Å². The van der Waals surface area contributed by atoms with Gasteiger partial charge in [0.2, 0.25) is 5.91 Å². The average Bonchev–Trinajstić information content (AvgIpc) is 2.77. The Balaban J connectivity index is 1.41. The van der Waals surface area contributed by atoms with Gasteiger partial charge in [-0.2, -0.15) is 0 Å². The molecule has 7 heteroatoms. The van der Waals surface area contributed by atoms with Crippen molar-refractivity contribution in [1.82, 2.24) is 4.90 Å². The van der Waals surface area contributed by atoms with E-state index in [1.807, 2.05) is 4.90 Å². The molecular weight excluding hydrogens is 387 g/mol.